The zero-order chi connectivity index (χ0) is 8.81. The minimum Gasteiger partial charge on any atom is -0.384 e. The van der Waals surface area contributed by atoms with Crippen molar-refractivity contribution < 1.29 is 4.74 Å². The van der Waals surface area contributed by atoms with Gasteiger partial charge in [0.1, 0.15) is 0 Å². The lowest BCUT2D eigenvalue weighted by Crippen LogP contribution is -2.07. The van der Waals surface area contributed by atoms with Crippen LogP contribution in [0.2, 0.25) is 0 Å². The molecule has 1 atom stereocenters. The molecule has 0 radical (unpaired) electrons. The number of halogens is 1. The quantitative estimate of drug-likeness (QED) is 0.749. The molecule has 0 aliphatic rings. The number of methoxy groups -OCH3 is 1. The van der Waals surface area contributed by atoms with Crippen molar-refractivity contribution >= 4 is 27.3 Å². The number of alkyl halides is 1. The van der Waals surface area contributed by atoms with E-state index in [0.29, 0.717) is 4.83 Å². The zero-order valence-corrected chi connectivity index (χ0v) is 9.40. The molecule has 1 aromatic rings. The summed E-state index contributed by atoms with van der Waals surface area (Å²) in [6.07, 6.45) is 4.12. The van der Waals surface area contributed by atoms with E-state index >= 15 is 0 Å². The molecule has 0 aliphatic carbocycles. The van der Waals surface area contributed by atoms with Gasteiger partial charge in [-0.25, -0.2) is 0 Å². The lowest BCUT2D eigenvalue weighted by atomic mass is 10.2. The first-order valence-corrected chi connectivity index (χ1v) is 5.63. The first-order valence-electron chi connectivity index (χ1n) is 3.83. The van der Waals surface area contributed by atoms with Crippen LogP contribution < -0.4 is 0 Å². The molecule has 0 aliphatic heterocycles. The summed E-state index contributed by atoms with van der Waals surface area (Å²) < 4.78 is 5.01. The molecule has 0 aromatic carbocycles. The van der Waals surface area contributed by atoms with Crippen LogP contribution in [-0.4, -0.2) is 23.5 Å². The highest BCUT2D eigenvalue weighted by molar-refractivity contribution is 9.09. The minimum atomic E-state index is 0.463. The summed E-state index contributed by atoms with van der Waals surface area (Å²) in [5.41, 5.74) is 1.87. The van der Waals surface area contributed by atoms with E-state index in [1.165, 1.54) is 4.88 Å². The molecule has 1 rings (SSSR count). The average molecular weight is 250 g/mol. The van der Waals surface area contributed by atoms with E-state index in [1.54, 1.807) is 18.4 Å². The van der Waals surface area contributed by atoms with E-state index in [0.717, 1.165) is 19.4 Å². The van der Waals surface area contributed by atoms with E-state index in [4.69, 9.17) is 4.74 Å². The van der Waals surface area contributed by atoms with Crippen LogP contribution in [0, 0.1) is 0 Å². The maximum absolute atomic E-state index is 5.01. The Kier molecular flexibility index (Phi) is 4.80. The monoisotopic (exact) mass is 249 g/mol. The van der Waals surface area contributed by atoms with Crippen molar-refractivity contribution in [1.29, 1.82) is 0 Å². The Morgan fingerprint density at radius 1 is 1.75 bits per heavy atom. The molecule has 0 amide bonds. The first kappa shape index (κ1) is 10.2. The highest BCUT2D eigenvalue weighted by Crippen LogP contribution is 2.13. The van der Waals surface area contributed by atoms with Gasteiger partial charge in [-0.15, -0.1) is 11.3 Å². The average Bonchev–Trinajstić information content (AvgIpc) is 2.53. The van der Waals surface area contributed by atoms with Crippen LogP contribution in [0.5, 0.6) is 0 Å². The van der Waals surface area contributed by atoms with E-state index in [1.807, 2.05) is 11.7 Å². The van der Waals surface area contributed by atoms with Gasteiger partial charge in [0.05, 0.1) is 12.1 Å². The number of ether oxygens (including phenoxy) is 1. The van der Waals surface area contributed by atoms with Crippen LogP contribution in [0.4, 0.5) is 0 Å². The number of thiazole rings is 1. The van der Waals surface area contributed by atoms with Crippen molar-refractivity contribution in [3.8, 4) is 0 Å². The van der Waals surface area contributed by atoms with Gasteiger partial charge in [0.2, 0.25) is 0 Å². The molecule has 2 nitrogen and oxygen atoms in total. The van der Waals surface area contributed by atoms with Gasteiger partial charge in [-0.1, -0.05) is 15.9 Å². The minimum absolute atomic E-state index is 0.463. The molecule has 68 valence electrons. The summed E-state index contributed by atoms with van der Waals surface area (Å²) in [6.45, 7) is 0.777. The van der Waals surface area contributed by atoms with E-state index in [-0.39, 0.29) is 0 Å². The summed E-state index contributed by atoms with van der Waals surface area (Å²) in [7, 11) is 1.72. The Hall–Kier alpha value is 0.0700. The van der Waals surface area contributed by atoms with Crippen LogP contribution in [0.1, 0.15) is 11.3 Å². The summed E-state index contributed by atoms with van der Waals surface area (Å²) in [5, 5.41) is 0. The fraction of sp³-hybridized carbons (Fsp3) is 0.625. The topological polar surface area (TPSA) is 22.1 Å². The first-order chi connectivity index (χ1) is 5.83. The smallest absolute Gasteiger partial charge is 0.0794 e. The van der Waals surface area contributed by atoms with Crippen LogP contribution in [0.15, 0.2) is 11.7 Å². The lowest BCUT2D eigenvalue weighted by molar-refractivity contribution is 0.198. The number of hydrogen-bond donors (Lipinski definition) is 0. The third kappa shape index (κ3) is 3.65. The second-order valence-electron chi connectivity index (χ2n) is 2.56. The Morgan fingerprint density at radius 2 is 2.58 bits per heavy atom. The SMILES string of the molecule is COCC(Br)CCc1cncs1. The predicted octanol–water partition coefficient (Wildman–Crippen LogP) is 2.49. The lowest BCUT2D eigenvalue weighted by Gasteiger charge is -2.05. The number of aryl methyl sites for hydroxylation is 1. The highest BCUT2D eigenvalue weighted by atomic mass is 79.9. The second-order valence-corrected chi connectivity index (χ2v) is 4.82. The van der Waals surface area contributed by atoms with Gasteiger partial charge in [-0.05, 0) is 12.8 Å². The van der Waals surface area contributed by atoms with Gasteiger partial charge in [-0.3, -0.25) is 4.98 Å². The van der Waals surface area contributed by atoms with Crippen molar-refractivity contribution in [2.45, 2.75) is 17.7 Å². The van der Waals surface area contributed by atoms with Crippen molar-refractivity contribution in [3.05, 3.63) is 16.6 Å². The van der Waals surface area contributed by atoms with Gasteiger partial charge in [-0.2, -0.15) is 0 Å². The molecular weight excluding hydrogens is 238 g/mol. The standard InChI is InChI=1S/C8H12BrNOS/c1-11-5-7(9)2-3-8-4-10-6-12-8/h4,6-7H,2-3,5H2,1H3. The van der Waals surface area contributed by atoms with Gasteiger partial charge in [0, 0.05) is 23.0 Å². The van der Waals surface area contributed by atoms with Crippen molar-refractivity contribution in [1.82, 2.24) is 4.98 Å². The molecule has 1 unspecified atom stereocenters. The zero-order valence-electron chi connectivity index (χ0n) is 7.00. The van der Waals surface area contributed by atoms with Crippen molar-refractivity contribution in [2.75, 3.05) is 13.7 Å². The number of nitrogens with zero attached hydrogens (tertiary/aromatic N) is 1. The molecule has 0 bridgehead atoms. The molecular formula is C8H12BrNOS. The molecule has 0 saturated carbocycles. The molecule has 1 heterocycles. The van der Waals surface area contributed by atoms with E-state index < -0.39 is 0 Å². The van der Waals surface area contributed by atoms with Crippen LogP contribution in [0.3, 0.4) is 0 Å². The third-order valence-corrected chi connectivity index (χ3v) is 3.10. The molecule has 4 heteroatoms. The summed E-state index contributed by atoms with van der Waals surface area (Å²) in [5.74, 6) is 0. The summed E-state index contributed by atoms with van der Waals surface area (Å²) >= 11 is 5.25. The molecule has 0 fully saturated rings. The van der Waals surface area contributed by atoms with Crippen LogP contribution >= 0.6 is 27.3 Å². The maximum Gasteiger partial charge on any atom is 0.0794 e. The molecule has 0 saturated heterocycles. The summed E-state index contributed by atoms with van der Waals surface area (Å²) in [6, 6.07) is 0. The van der Waals surface area contributed by atoms with Gasteiger partial charge < -0.3 is 4.74 Å². The van der Waals surface area contributed by atoms with Crippen molar-refractivity contribution in [2.24, 2.45) is 0 Å². The van der Waals surface area contributed by atoms with Crippen molar-refractivity contribution in [3.63, 3.8) is 0 Å². The largest absolute Gasteiger partial charge is 0.384 e. The number of rotatable bonds is 5. The molecule has 0 N–H and O–H groups in total. The van der Waals surface area contributed by atoms with Crippen LogP contribution in [0.25, 0.3) is 0 Å². The number of hydrogen-bond acceptors (Lipinski definition) is 3. The van der Waals surface area contributed by atoms with Gasteiger partial charge in [0.25, 0.3) is 0 Å². The molecule has 12 heavy (non-hydrogen) atoms. The van der Waals surface area contributed by atoms with Gasteiger partial charge in [0.15, 0.2) is 0 Å². The highest BCUT2D eigenvalue weighted by Gasteiger charge is 2.04. The third-order valence-electron chi connectivity index (χ3n) is 1.53. The fourth-order valence-electron chi connectivity index (χ4n) is 0.929. The van der Waals surface area contributed by atoms with Crippen LogP contribution in [-0.2, 0) is 11.2 Å². The predicted molar refractivity (Wildman–Crippen MR) is 55.0 cm³/mol. The summed E-state index contributed by atoms with van der Waals surface area (Å²) in [4.78, 5) is 5.82. The normalized spacial score (nSPS) is 13.2. The second kappa shape index (κ2) is 5.67. The fourth-order valence-corrected chi connectivity index (χ4v) is 2.04. The Bertz CT molecular complexity index is 203. The molecule has 1 aromatic heterocycles. The van der Waals surface area contributed by atoms with E-state index in [2.05, 4.69) is 20.9 Å². The van der Waals surface area contributed by atoms with Gasteiger partial charge >= 0.3 is 0 Å². The molecule has 0 spiro atoms. The Balaban J connectivity index is 2.17. The number of aromatic nitrogens is 1. The Morgan fingerprint density at radius 3 is 3.17 bits per heavy atom. The van der Waals surface area contributed by atoms with E-state index in [9.17, 15) is 0 Å². The maximum atomic E-state index is 5.01. The Labute approximate surface area is 85.1 Å².